The molecule has 0 fully saturated rings. The Kier molecular flexibility index (Phi) is 7.07. The SMILES string of the molecule is CCOc1ccc(C=NNC(=S)Nc2cc(C(F)(F)F)cc(C(F)(F)F)c2)cc1. The number of anilines is 1. The minimum Gasteiger partial charge on any atom is -0.494 e. The summed E-state index contributed by atoms with van der Waals surface area (Å²) in [4.78, 5) is 0. The van der Waals surface area contributed by atoms with Crippen molar-refractivity contribution in [2.24, 2.45) is 5.10 Å². The molecule has 0 aromatic heterocycles. The summed E-state index contributed by atoms with van der Waals surface area (Å²) in [6.45, 7) is 2.36. The van der Waals surface area contributed by atoms with Crippen molar-refractivity contribution in [1.29, 1.82) is 0 Å². The van der Waals surface area contributed by atoms with Crippen molar-refractivity contribution in [3.63, 3.8) is 0 Å². The number of thiocarbonyl (C=S) groups is 1. The molecule has 0 atom stereocenters. The zero-order chi connectivity index (χ0) is 21.7. The standard InChI is InChI=1S/C18H15F6N3OS/c1-2-28-15-5-3-11(4-6-15)10-25-27-16(29)26-14-8-12(17(19,20)21)7-13(9-14)18(22,23)24/h3-10H,2H2,1H3,(H2,26,27,29). The third-order valence-electron chi connectivity index (χ3n) is 3.42. The third-order valence-corrected chi connectivity index (χ3v) is 3.61. The molecule has 0 amide bonds. The van der Waals surface area contributed by atoms with Gasteiger partial charge in [-0.05, 0) is 67.2 Å². The maximum absolute atomic E-state index is 12.9. The molecule has 0 aliphatic heterocycles. The predicted molar refractivity (Wildman–Crippen MR) is 101 cm³/mol. The van der Waals surface area contributed by atoms with Crippen molar-refractivity contribution in [1.82, 2.24) is 5.43 Å². The Bertz CT molecular complexity index is 846. The number of ether oxygens (including phenoxy) is 1. The van der Waals surface area contributed by atoms with Crippen molar-refractivity contribution in [2.75, 3.05) is 11.9 Å². The number of rotatable bonds is 5. The van der Waals surface area contributed by atoms with E-state index in [4.69, 9.17) is 17.0 Å². The van der Waals surface area contributed by atoms with Gasteiger partial charge in [-0.2, -0.15) is 31.4 Å². The summed E-state index contributed by atoms with van der Waals surface area (Å²) in [5, 5.41) is 5.78. The lowest BCUT2D eigenvalue weighted by molar-refractivity contribution is -0.143. The van der Waals surface area contributed by atoms with E-state index >= 15 is 0 Å². The molecule has 0 aliphatic carbocycles. The Balaban J connectivity index is 2.07. The van der Waals surface area contributed by atoms with Crippen LogP contribution in [0, 0.1) is 0 Å². The molecule has 156 valence electrons. The van der Waals surface area contributed by atoms with Gasteiger partial charge in [-0.3, -0.25) is 5.43 Å². The highest BCUT2D eigenvalue weighted by atomic mass is 32.1. The quantitative estimate of drug-likeness (QED) is 0.284. The summed E-state index contributed by atoms with van der Waals surface area (Å²) in [5.41, 5.74) is -0.368. The van der Waals surface area contributed by atoms with Gasteiger partial charge in [0.1, 0.15) is 5.75 Å². The molecule has 4 nitrogen and oxygen atoms in total. The highest BCUT2D eigenvalue weighted by molar-refractivity contribution is 7.80. The summed E-state index contributed by atoms with van der Waals surface area (Å²) in [5.74, 6) is 0.666. The van der Waals surface area contributed by atoms with E-state index in [-0.39, 0.29) is 11.2 Å². The lowest BCUT2D eigenvalue weighted by atomic mass is 10.1. The van der Waals surface area contributed by atoms with Crippen LogP contribution in [0.3, 0.4) is 0 Å². The van der Waals surface area contributed by atoms with Gasteiger partial charge in [0.25, 0.3) is 0 Å². The summed E-state index contributed by atoms with van der Waals surface area (Å²) < 4.78 is 82.5. The monoisotopic (exact) mass is 435 g/mol. The van der Waals surface area contributed by atoms with Gasteiger partial charge in [-0.25, -0.2) is 0 Å². The average molecular weight is 435 g/mol. The number of hydrazone groups is 1. The van der Waals surface area contributed by atoms with Crippen LogP contribution < -0.4 is 15.5 Å². The van der Waals surface area contributed by atoms with E-state index in [1.807, 2.05) is 6.92 Å². The molecule has 0 radical (unpaired) electrons. The number of hydrogen-bond acceptors (Lipinski definition) is 3. The van der Waals surface area contributed by atoms with Gasteiger partial charge in [-0.1, -0.05) is 0 Å². The smallest absolute Gasteiger partial charge is 0.416 e. The molecule has 0 spiro atoms. The Hall–Kier alpha value is -2.82. The summed E-state index contributed by atoms with van der Waals surface area (Å²) in [6.07, 6.45) is -8.52. The van der Waals surface area contributed by atoms with Gasteiger partial charge >= 0.3 is 12.4 Å². The molecular weight excluding hydrogens is 420 g/mol. The summed E-state index contributed by atoms with van der Waals surface area (Å²) >= 11 is 4.86. The van der Waals surface area contributed by atoms with Gasteiger partial charge in [-0.15, -0.1) is 0 Å². The molecular formula is C18H15F6N3OS. The Labute approximate surface area is 167 Å². The number of alkyl halides is 6. The Morgan fingerprint density at radius 3 is 2.03 bits per heavy atom. The topological polar surface area (TPSA) is 45.6 Å². The number of halogens is 6. The second kappa shape index (κ2) is 9.12. The lowest BCUT2D eigenvalue weighted by Gasteiger charge is -2.15. The second-order valence-corrected chi connectivity index (χ2v) is 6.03. The predicted octanol–water partition coefficient (Wildman–Crippen LogP) is 5.44. The van der Waals surface area contributed by atoms with E-state index < -0.39 is 29.2 Å². The third kappa shape index (κ3) is 6.93. The normalized spacial score (nSPS) is 12.1. The fourth-order valence-electron chi connectivity index (χ4n) is 2.17. The van der Waals surface area contributed by atoms with Crippen molar-refractivity contribution in [3.8, 4) is 5.75 Å². The fourth-order valence-corrected chi connectivity index (χ4v) is 2.34. The van der Waals surface area contributed by atoms with Crippen LogP contribution in [0.5, 0.6) is 5.75 Å². The van der Waals surface area contributed by atoms with Gasteiger partial charge in [0.2, 0.25) is 0 Å². The molecule has 0 heterocycles. The molecule has 0 unspecified atom stereocenters. The highest BCUT2D eigenvalue weighted by Gasteiger charge is 2.37. The molecule has 0 aliphatic rings. The molecule has 2 N–H and O–H groups in total. The Morgan fingerprint density at radius 2 is 1.55 bits per heavy atom. The van der Waals surface area contributed by atoms with E-state index in [0.29, 0.717) is 30.1 Å². The first kappa shape index (κ1) is 22.5. The van der Waals surface area contributed by atoms with Gasteiger partial charge in [0.05, 0.1) is 23.9 Å². The van der Waals surface area contributed by atoms with Crippen LogP contribution in [0.2, 0.25) is 0 Å². The maximum Gasteiger partial charge on any atom is 0.416 e. The van der Waals surface area contributed by atoms with E-state index in [9.17, 15) is 26.3 Å². The first-order valence-corrected chi connectivity index (χ1v) is 8.52. The van der Waals surface area contributed by atoms with Gasteiger partial charge in [0.15, 0.2) is 5.11 Å². The zero-order valence-corrected chi connectivity index (χ0v) is 15.7. The fraction of sp³-hybridized carbons (Fsp3) is 0.222. The van der Waals surface area contributed by atoms with Crippen molar-refractivity contribution >= 4 is 29.2 Å². The van der Waals surface area contributed by atoms with Crippen LogP contribution >= 0.6 is 12.2 Å². The van der Waals surface area contributed by atoms with Crippen LogP contribution in [0.1, 0.15) is 23.6 Å². The number of hydrogen-bond donors (Lipinski definition) is 2. The van der Waals surface area contributed by atoms with Crippen LogP contribution in [0.25, 0.3) is 0 Å². The molecule has 2 aromatic carbocycles. The summed E-state index contributed by atoms with van der Waals surface area (Å²) in [6, 6.07) is 7.92. The minimum atomic E-state index is -4.95. The largest absolute Gasteiger partial charge is 0.494 e. The lowest BCUT2D eigenvalue weighted by Crippen LogP contribution is -2.24. The van der Waals surface area contributed by atoms with Gasteiger partial charge < -0.3 is 10.1 Å². The van der Waals surface area contributed by atoms with Crippen LogP contribution in [0.15, 0.2) is 47.6 Å². The number of benzene rings is 2. The maximum atomic E-state index is 12.9. The molecule has 0 saturated carbocycles. The average Bonchev–Trinajstić information content (AvgIpc) is 2.61. The molecule has 29 heavy (non-hydrogen) atoms. The van der Waals surface area contributed by atoms with E-state index in [0.717, 1.165) is 0 Å². The molecule has 0 saturated heterocycles. The number of nitrogens with zero attached hydrogens (tertiary/aromatic N) is 1. The zero-order valence-electron chi connectivity index (χ0n) is 14.9. The molecule has 2 rings (SSSR count). The van der Waals surface area contributed by atoms with Crippen LogP contribution in [-0.2, 0) is 12.4 Å². The van der Waals surface area contributed by atoms with E-state index in [1.165, 1.54) is 6.21 Å². The first-order valence-electron chi connectivity index (χ1n) is 8.11. The second-order valence-electron chi connectivity index (χ2n) is 5.62. The highest BCUT2D eigenvalue weighted by Crippen LogP contribution is 2.37. The molecule has 11 heteroatoms. The molecule has 0 bridgehead atoms. The van der Waals surface area contributed by atoms with Gasteiger partial charge in [0, 0.05) is 5.69 Å². The van der Waals surface area contributed by atoms with Crippen LogP contribution in [-0.4, -0.2) is 17.9 Å². The van der Waals surface area contributed by atoms with Crippen LogP contribution in [0.4, 0.5) is 32.0 Å². The first-order chi connectivity index (χ1) is 13.5. The molecule has 2 aromatic rings. The Morgan fingerprint density at radius 1 is 1.00 bits per heavy atom. The number of nitrogens with one attached hydrogen (secondary N) is 2. The van der Waals surface area contributed by atoms with Crippen molar-refractivity contribution in [3.05, 3.63) is 59.2 Å². The van der Waals surface area contributed by atoms with E-state index in [1.54, 1.807) is 24.3 Å². The summed E-state index contributed by atoms with van der Waals surface area (Å²) in [7, 11) is 0. The van der Waals surface area contributed by atoms with Crippen molar-refractivity contribution < 1.29 is 31.1 Å². The van der Waals surface area contributed by atoms with Crippen molar-refractivity contribution in [2.45, 2.75) is 19.3 Å². The minimum absolute atomic E-state index is 0.0335. The van der Waals surface area contributed by atoms with E-state index in [2.05, 4.69) is 15.8 Å².